The van der Waals surface area contributed by atoms with Crippen LogP contribution >= 0.6 is 0 Å². The summed E-state index contributed by atoms with van der Waals surface area (Å²) in [7, 11) is 1.90. The molecule has 0 aliphatic carbocycles. The number of carbonyl (C=O) groups is 1. The molecule has 0 bridgehead atoms. The second kappa shape index (κ2) is 6.00. The predicted molar refractivity (Wildman–Crippen MR) is 91.5 cm³/mol. The zero-order valence-electron chi connectivity index (χ0n) is 13.6. The average Bonchev–Trinajstić information content (AvgIpc) is 2.95. The number of aryl methyl sites for hydroxylation is 1. The molecule has 0 atom stereocenters. The molecule has 1 aliphatic rings. The summed E-state index contributed by atoms with van der Waals surface area (Å²) in [5.41, 5.74) is 4.34. The Morgan fingerprint density at radius 3 is 2.75 bits per heavy atom. The van der Waals surface area contributed by atoms with Gasteiger partial charge in [-0.15, -0.1) is 0 Å². The van der Waals surface area contributed by atoms with Gasteiger partial charge in [-0.1, -0.05) is 42.5 Å². The number of nitrogens with zero attached hydrogens (tertiary/aromatic N) is 3. The van der Waals surface area contributed by atoms with Crippen molar-refractivity contribution in [3.63, 3.8) is 0 Å². The van der Waals surface area contributed by atoms with E-state index in [1.165, 1.54) is 11.1 Å². The summed E-state index contributed by atoms with van der Waals surface area (Å²) in [4.78, 5) is 14.2. The number of benzene rings is 2. The van der Waals surface area contributed by atoms with E-state index in [2.05, 4.69) is 17.2 Å². The van der Waals surface area contributed by atoms with Crippen molar-refractivity contribution in [2.75, 3.05) is 6.54 Å². The summed E-state index contributed by atoms with van der Waals surface area (Å²) >= 11 is 0. The Bertz CT molecular complexity index is 901. The van der Waals surface area contributed by atoms with E-state index in [0.717, 1.165) is 23.0 Å². The first kappa shape index (κ1) is 14.8. The largest absolute Gasteiger partial charge is 0.443 e. The molecule has 0 spiro atoms. The fraction of sp³-hybridized carbons (Fsp3) is 0.263. The van der Waals surface area contributed by atoms with Crippen molar-refractivity contribution < 1.29 is 9.53 Å². The van der Waals surface area contributed by atoms with Crippen LogP contribution in [0.2, 0.25) is 0 Å². The molecule has 0 unspecified atom stereocenters. The van der Waals surface area contributed by atoms with Gasteiger partial charge < -0.3 is 9.64 Å². The third kappa shape index (κ3) is 2.62. The van der Waals surface area contributed by atoms with Gasteiger partial charge >= 0.3 is 6.09 Å². The van der Waals surface area contributed by atoms with Gasteiger partial charge in [0.2, 0.25) is 0 Å². The Morgan fingerprint density at radius 2 is 1.88 bits per heavy atom. The van der Waals surface area contributed by atoms with Gasteiger partial charge in [-0.25, -0.2) is 4.79 Å². The van der Waals surface area contributed by atoms with Crippen molar-refractivity contribution >= 4 is 17.0 Å². The van der Waals surface area contributed by atoms with Crippen LogP contribution in [0.15, 0.2) is 48.5 Å². The monoisotopic (exact) mass is 321 g/mol. The number of hydrogen-bond acceptors (Lipinski definition) is 3. The molecule has 5 nitrogen and oxygen atoms in total. The summed E-state index contributed by atoms with van der Waals surface area (Å²) in [6.07, 6.45) is 0.594. The fourth-order valence-electron chi connectivity index (χ4n) is 3.27. The molecule has 2 heterocycles. The highest BCUT2D eigenvalue weighted by atomic mass is 16.6. The highest BCUT2D eigenvalue weighted by Crippen LogP contribution is 2.21. The second-order valence-corrected chi connectivity index (χ2v) is 6.08. The average molecular weight is 321 g/mol. The smallest absolute Gasteiger partial charge is 0.410 e. The Kier molecular flexibility index (Phi) is 3.69. The van der Waals surface area contributed by atoms with Crippen LogP contribution in [0.5, 0.6) is 0 Å². The second-order valence-electron chi connectivity index (χ2n) is 6.08. The Balaban J connectivity index is 1.45. The van der Waals surface area contributed by atoms with Crippen LogP contribution in [0.25, 0.3) is 10.9 Å². The summed E-state index contributed by atoms with van der Waals surface area (Å²) in [6, 6.07) is 16.2. The van der Waals surface area contributed by atoms with E-state index in [1.807, 2.05) is 48.1 Å². The lowest BCUT2D eigenvalue weighted by atomic mass is 10.0. The number of ether oxygens (including phenoxy) is 1. The molecule has 4 rings (SSSR count). The lowest BCUT2D eigenvalue weighted by Crippen LogP contribution is -2.36. The van der Waals surface area contributed by atoms with Gasteiger partial charge in [0.25, 0.3) is 0 Å². The Hall–Kier alpha value is -2.82. The fourth-order valence-corrected chi connectivity index (χ4v) is 3.27. The Morgan fingerprint density at radius 1 is 1.12 bits per heavy atom. The summed E-state index contributed by atoms with van der Waals surface area (Å²) < 4.78 is 7.33. The zero-order chi connectivity index (χ0) is 16.5. The number of hydrogen-bond donors (Lipinski definition) is 0. The number of rotatable bonds is 2. The van der Waals surface area contributed by atoms with Gasteiger partial charge in [0.05, 0.1) is 5.52 Å². The van der Waals surface area contributed by atoms with Gasteiger partial charge in [-0.2, -0.15) is 5.10 Å². The minimum Gasteiger partial charge on any atom is -0.443 e. The number of carbonyl (C=O) groups excluding carboxylic acids is 1. The van der Waals surface area contributed by atoms with Crippen molar-refractivity contribution in [2.45, 2.75) is 19.6 Å². The highest BCUT2D eigenvalue weighted by molar-refractivity contribution is 5.82. The number of para-hydroxylation sites is 1. The molecule has 1 aromatic heterocycles. The maximum atomic E-state index is 12.4. The molecule has 2 aromatic carbocycles. The van der Waals surface area contributed by atoms with Crippen LogP contribution in [0.1, 0.15) is 16.8 Å². The van der Waals surface area contributed by atoms with E-state index in [1.54, 1.807) is 4.90 Å². The number of fused-ring (bicyclic) bond motifs is 2. The van der Waals surface area contributed by atoms with E-state index in [0.29, 0.717) is 13.1 Å². The topological polar surface area (TPSA) is 47.4 Å². The SMILES string of the molecule is Cn1nc(COC(=O)N2CCc3ccccc3C2)c2ccccc21. The molecule has 122 valence electrons. The van der Waals surface area contributed by atoms with Crippen LogP contribution in [0.4, 0.5) is 4.79 Å². The molecular formula is C19H19N3O2. The highest BCUT2D eigenvalue weighted by Gasteiger charge is 2.22. The van der Waals surface area contributed by atoms with E-state index >= 15 is 0 Å². The molecule has 24 heavy (non-hydrogen) atoms. The number of amides is 1. The predicted octanol–water partition coefficient (Wildman–Crippen LogP) is 3.27. The van der Waals surface area contributed by atoms with Crippen molar-refractivity contribution in [3.8, 4) is 0 Å². The molecule has 5 heteroatoms. The molecule has 1 amide bonds. The van der Waals surface area contributed by atoms with Gasteiger partial charge in [-0.05, 0) is 23.6 Å². The van der Waals surface area contributed by atoms with Crippen molar-refractivity contribution in [1.29, 1.82) is 0 Å². The molecule has 0 N–H and O–H groups in total. The first-order chi connectivity index (χ1) is 11.7. The van der Waals surface area contributed by atoms with Crippen LogP contribution in [-0.4, -0.2) is 27.3 Å². The molecule has 0 radical (unpaired) electrons. The molecule has 0 fully saturated rings. The first-order valence-electron chi connectivity index (χ1n) is 8.11. The van der Waals surface area contributed by atoms with E-state index in [4.69, 9.17) is 4.74 Å². The van der Waals surface area contributed by atoms with Crippen molar-refractivity contribution in [1.82, 2.24) is 14.7 Å². The molecular weight excluding hydrogens is 302 g/mol. The van der Waals surface area contributed by atoms with Crippen molar-refractivity contribution in [2.24, 2.45) is 7.05 Å². The standard InChI is InChI=1S/C19H19N3O2/c1-21-18-9-5-4-8-16(18)17(20-21)13-24-19(23)22-11-10-14-6-2-3-7-15(14)12-22/h2-9H,10-13H2,1H3. The maximum Gasteiger partial charge on any atom is 0.410 e. The third-order valence-corrected chi connectivity index (χ3v) is 4.56. The summed E-state index contributed by atoms with van der Waals surface area (Å²) in [5, 5.41) is 5.49. The van der Waals surface area contributed by atoms with Gasteiger partial charge in [0, 0.05) is 25.5 Å². The molecule has 1 aliphatic heterocycles. The van der Waals surface area contributed by atoms with E-state index < -0.39 is 0 Å². The lowest BCUT2D eigenvalue weighted by Gasteiger charge is -2.27. The number of aromatic nitrogens is 2. The third-order valence-electron chi connectivity index (χ3n) is 4.56. The normalized spacial score (nSPS) is 13.8. The van der Waals surface area contributed by atoms with Gasteiger partial charge in [0.15, 0.2) is 0 Å². The molecule has 0 saturated carbocycles. The minimum atomic E-state index is -0.278. The lowest BCUT2D eigenvalue weighted by molar-refractivity contribution is 0.0910. The van der Waals surface area contributed by atoms with E-state index in [9.17, 15) is 4.79 Å². The Labute approximate surface area is 140 Å². The summed E-state index contributed by atoms with van der Waals surface area (Å²) in [6.45, 7) is 1.50. The summed E-state index contributed by atoms with van der Waals surface area (Å²) in [5.74, 6) is 0. The minimum absolute atomic E-state index is 0.193. The van der Waals surface area contributed by atoms with Crippen molar-refractivity contribution in [3.05, 3.63) is 65.4 Å². The van der Waals surface area contributed by atoms with Crippen LogP contribution in [0.3, 0.4) is 0 Å². The quantitative estimate of drug-likeness (QED) is 0.728. The van der Waals surface area contributed by atoms with Crippen LogP contribution < -0.4 is 0 Å². The maximum absolute atomic E-state index is 12.4. The molecule has 3 aromatic rings. The van der Waals surface area contributed by atoms with Gasteiger partial charge in [-0.3, -0.25) is 4.68 Å². The zero-order valence-corrected chi connectivity index (χ0v) is 13.6. The first-order valence-corrected chi connectivity index (χ1v) is 8.11. The van der Waals surface area contributed by atoms with Crippen LogP contribution in [0, 0.1) is 0 Å². The van der Waals surface area contributed by atoms with E-state index in [-0.39, 0.29) is 12.7 Å². The van der Waals surface area contributed by atoms with Gasteiger partial charge in [0.1, 0.15) is 12.3 Å². The van der Waals surface area contributed by atoms with Crippen LogP contribution in [-0.2, 0) is 31.4 Å². The molecule has 0 saturated heterocycles.